The van der Waals surface area contributed by atoms with Crippen LogP contribution >= 0.6 is 11.6 Å². The molecule has 1 aliphatic carbocycles. The molecule has 0 bridgehead atoms. The molecular formula is C17H21ClN2O. The second kappa shape index (κ2) is 6.12. The van der Waals surface area contributed by atoms with Crippen LogP contribution in [-0.4, -0.2) is 12.1 Å². The molecule has 0 spiro atoms. The van der Waals surface area contributed by atoms with Gasteiger partial charge in [0.25, 0.3) is 0 Å². The fourth-order valence-corrected chi connectivity index (χ4v) is 2.87. The molecule has 1 aliphatic rings. The second-order valence-electron chi connectivity index (χ2n) is 5.90. The van der Waals surface area contributed by atoms with Crippen molar-refractivity contribution in [3.8, 4) is 0 Å². The first-order chi connectivity index (χ1) is 10.1. The smallest absolute Gasteiger partial charge is 0.123 e. The van der Waals surface area contributed by atoms with Crippen LogP contribution in [0.4, 0.5) is 5.69 Å². The Bertz CT molecular complexity index is 591. The van der Waals surface area contributed by atoms with Crippen molar-refractivity contribution in [2.24, 2.45) is 5.73 Å². The van der Waals surface area contributed by atoms with Crippen LogP contribution in [0.5, 0.6) is 0 Å². The van der Waals surface area contributed by atoms with Crippen LogP contribution < -0.4 is 10.6 Å². The Balaban J connectivity index is 1.81. The van der Waals surface area contributed by atoms with E-state index in [1.807, 2.05) is 19.1 Å². The van der Waals surface area contributed by atoms with Crippen LogP contribution in [0, 0.1) is 0 Å². The van der Waals surface area contributed by atoms with Crippen molar-refractivity contribution in [2.75, 3.05) is 4.90 Å². The number of hydrogen-bond acceptors (Lipinski definition) is 3. The Hall–Kier alpha value is -1.45. The molecule has 21 heavy (non-hydrogen) atoms. The molecule has 1 atom stereocenters. The number of nitrogens with two attached hydrogens (primary N) is 1. The Kier molecular flexibility index (Phi) is 4.22. The van der Waals surface area contributed by atoms with E-state index in [0.717, 1.165) is 35.0 Å². The van der Waals surface area contributed by atoms with Crippen molar-refractivity contribution in [1.82, 2.24) is 0 Å². The van der Waals surface area contributed by atoms with Crippen molar-refractivity contribution in [3.63, 3.8) is 0 Å². The second-order valence-corrected chi connectivity index (χ2v) is 6.30. The van der Waals surface area contributed by atoms with Crippen molar-refractivity contribution in [2.45, 2.75) is 44.8 Å². The summed E-state index contributed by atoms with van der Waals surface area (Å²) in [6.45, 7) is 2.79. The number of anilines is 1. The first kappa shape index (κ1) is 14.5. The maximum absolute atomic E-state index is 6.42. The van der Waals surface area contributed by atoms with Gasteiger partial charge in [0.15, 0.2) is 0 Å². The van der Waals surface area contributed by atoms with Gasteiger partial charge in [-0.1, -0.05) is 17.7 Å². The summed E-state index contributed by atoms with van der Waals surface area (Å²) in [6, 6.07) is 11.0. The van der Waals surface area contributed by atoms with E-state index in [4.69, 9.17) is 21.8 Å². The van der Waals surface area contributed by atoms with Gasteiger partial charge in [0.05, 0.1) is 12.8 Å². The van der Waals surface area contributed by atoms with E-state index >= 15 is 0 Å². The minimum Gasteiger partial charge on any atom is -0.467 e. The average molecular weight is 305 g/mol. The highest BCUT2D eigenvalue weighted by Crippen LogP contribution is 2.35. The van der Waals surface area contributed by atoms with Gasteiger partial charge in [0.2, 0.25) is 0 Å². The summed E-state index contributed by atoms with van der Waals surface area (Å²) in [5, 5.41) is 0.801. The summed E-state index contributed by atoms with van der Waals surface area (Å²) in [7, 11) is 0. The zero-order valence-corrected chi connectivity index (χ0v) is 13.0. The van der Waals surface area contributed by atoms with Gasteiger partial charge in [0, 0.05) is 22.8 Å². The standard InChI is InChI=1S/C17H21ClN2O/c1-12(19)9-13-4-5-15(10-17(13)18)20(14-6-7-14)11-16-3-2-8-21-16/h2-5,8,10,12,14H,6-7,9,11,19H2,1H3. The Morgan fingerprint density at radius 1 is 1.38 bits per heavy atom. The number of hydrogen-bond donors (Lipinski definition) is 1. The van der Waals surface area contributed by atoms with E-state index in [1.165, 1.54) is 12.8 Å². The molecule has 1 aromatic heterocycles. The van der Waals surface area contributed by atoms with Gasteiger partial charge < -0.3 is 15.1 Å². The molecule has 1 fully saturated rings. The third-order valence-electron chi connectivity index (χ3n) is 3.80. The summed E-state index contributed by atoms with van der Waals surface area (Å²) in [6.07, 6.45) is 5.00. The molecule has 0 aliphatic heterocycles. The Morgan fingerprint density at radius 2 is 2.19 bits per heavy atom. The van der Waals surface area contributed by atoms with Gasteiger partial charge >= 0.3 is 0 Å². The Labute approximate surface area is 130 Å². The summed E-state index contributed by atoms with van der Waals surface area (Å²) < 4.78 is 5.48. The zero-order valence-electron chi connectivity index (χ0n) is 12.3. The Morgan fingerprint density at radius 3 is 2.76 bits per heavy atom. The number of rotatable bonds is 6. The predicted molar refractivity (Wildman–Crippen MR) is 86.7 cm³/mol. The van der Waals surface area contributed by atoms with Crippen LogP contribution in [0.2, 0.25) is 5.02 Å². The average Bonchev–Trinajstić information content (AvgIpc) is 3.15. The van der Waals surface area contributed by atoms with Crippen molar-refractivity contribution < 1.29 is 4.42 Å². The molecule has 1 saturated carbocycles. The van der Waals surface area contributed by atoms with Gasteiger partial charge in [-0.15, -0.1) is 0 Å². The summed E-state index contributed by atoms with van der Waals surface area (Å²) in [5.41, 5.74) is 8.13. The molecule has 3 rings (SSSR count). The van der Waals surface area contributed by atoms with Gasteiger partial charge in [-0.25, -0.2) is 0 Å². The molecule has 0 amide bonds. The lowest BCUT2D eigenvalue weighted by atomic mass is 10.1. The highest BCUT2D eigenvalue weighted by Gasteiger charge is 2.30. The summed E-state index contributed by atoms with van der Waals surface area (Å²) in [5.74, 6) is 0.984. The van der Waals surface area contributed by atoms with Crippen LogP contribution in [-0.2, 0) is 13.0 Å². The third kappa shape index (κ3) is 3.60. The highest BCUT2D eigenvalue weighted by molar-refractivity contribution is 6.31. The lowest BCUT2D eigenvalue weighted by molar-refractivity contribution is 0.501. The van der Waals surface area contributed by atoms with E-state index in [0.29, 0.717) is 6.04 Å². The molecule has 2 aromatic rings. The molecule has 112 valence electrons. The van der Waals surface area contributed by atoms with Crippen LogP contribution in [0.1, 0.15) is 31.1 Å². The van der Waals surface area contributed by atoms with Crippen LogP contribution in [0.3, 0.4) is 0 Å². The number of benzene rings is 1. The minimum atomic E-state index is 0.121. The molecule has 1 unspecified atom stereocenters. The largest absolute Gasteiger partial charge is 0.467 e. The van der Waals surface area contributed by atoms with Crippen molar-refractivity contribution in [1.29, 1.82) is 0 Å². The molecule has 1 aromatic carbocycles. The van der Waals surface area contributed by atoms with Gasteiger partial charge in [0.1, 0.15) is 5.76 Å². The van der Waals surface area contributed by atoms with E-state index in [-0.39, 0.29) is 6.04 Å². The molecular weight excluding hydrogens is 284 g/mol. The molecule has 1 heterocycles. The molecule has 0 saturated heterocycles. The van der Waals surface area contributed by atoms with E-state index in [1.54, 1.807) is 6.26 Å². The molecule has 4 heteroatoms. The maximum Gasteiger partial charge on any atom is 0.123 e. The summed E-state index contributed by atoms with van der Waals surface area (Å²) in [4.78, 5) is 2.38. The minimum absolute atomic E-state index is 0.121. The maximum atomic E-state index is 6.42. The van der Waals surface area contributed by atoms with Gasteiger partial charge in [-0.2, -0.15) is 0 Å². The van der Waals surface area contributed by atoms with Crippen LogP contribution in [0.15, 0.2) is 41.0 Å². The third-order valence-corrected chi connectivity index (χ3v) is 4.16. The molecule has 3 nitrogen and oxygen atoms in total. The summed E-state index contributed by atoms with van der Waals surface area (Å²) >= 11 is 6.42. The van der Waals surface area contributed by atoms with E-state index in [9.17, 15) is 0 Å². The van der Waals surface area contributed by atoms with Crippen molar-refractivity contribution in [3.05, 3.63) is 52.9 Å². The predicted octanol–water partition coefficient (Wildman–Crippen LogP) is 3.99. The SMILES string of the molecule is CC(N)Cc1ccc(N(Cc2ccco2)C2CC2)cc1Cl. The lowest BCUT2D eigenvalue weighted by Gasteiger charge is -2.24. The first-order valence-electron chi connectivity index (χ1n) is 7.46. The topological polar surface area (TPSA) is 42.4 Å². The monoisotopic (exact) mass is 304 g/mol. The molecule has 0 radical (unpaired) electrons. The fraction of sp³-hybridized carbons (Fsp3) is 0.412. The first-order valence-corrected chi connectivity index (χ1v) is 7.84. The number of halogens is 1. The van der Waals surface area contributed by atoms with E-state index < -0.39 is 0 Å². The number of nitrogens with zero attached hydrogens (tertiary/aromatic N) is 1. The van der Waals surface area contributed by atoms with Gasteiger partial charge in [-0.05, 0) is 56.0 Å². The molecule has 2 N–H and O–H groups in total. The van der Waals surface area contributed by atoms with E-state index in [2.05, 4.69) is 23.1 Å². The van der Waals surface area contributed by atoms with Gasteiger partial charge in [-0.3, -0.25) is 0 Å². The highest BCUT2D eigenvalue weighted by atomic mass is 35.5. The zero-order chi connectivity index (χ0) is 14.8. The van der Waals surface area contributed by atoms with Crippen LogP contribution in [0.25, 0.3) is 0 Å². The quantitative estimate of drug-likeness (QED) is 0.877. The number of furan rings is 1. The van der Waals surface area contributed by atoms with Crippen molar-refractivity contribution >= 4 is 17.3 Å². The lowest BCUT2D eigenvalue weighted by Crippen LogP contribution is -2.25. The fourth-order valence-electron chi connectivity index (χ4n) is 2.62. The normalized spacial score (nSPS) is 16.0.